The molecule has 0 aromatic carbocycles. The normalized spacial score (nSPS) is 19.0. The molecule has 0 saturated heterocycles. The van der Waals surface area contributed by atoms with Crippen molar-refractivity contribution in [3.8, 4) is 11.4 Å². The van der Waals surface area contributed by atoms with E-state index >= 15 is 0 Å². The molecule has 0 radical (unpaired) electrons. The number of hydrogen-bond donors (Lipinski definition) is 2. The summed E-state index contributed by atoms with van der Waals surface area (Å²) in [6.07, 6.45) is 9.68. The van der Waals surface area contributed by atoms with Gasteiger partial charge in [-0.2, -0.15) is 5.10 Å². The molecule has 8 heteroatoms. The van der Waals surface area contributed by atoms with Crippen LogP contribution < -0.4 is 10.6 Å². The fourth-order valence-electron chi connectivity index (χ4n) is 3.33. The molecule has 0 aliphatic heterocycles. The number of carbonyl (C=O) groups is 1. The first-order valence-electron chi connectivity index (χ1n) is 9.04. The van der Waals surface area contributed by atoms with Gasteiger partial charge in [0, 0.05) is 36.9 Å². The molecule has 1 aliphatic rings. The summed E-state index contributed by atoms with van der Waals surface area (Å²) in [5, 5.41) is 10.5. The molecule has 2 N–H and O–H groups in total. The lowest BCUT2D eigenvalue weighted by Gasteiger charge is -2.15. The van der Waals surface area contributed by atoms with E-state index < -0.39 is 0 Å². The van der Waals surface area contributed by atoms with Crippen LogP contribution in [-0.4, -0.2) is 42.7 Å². The van der Waals surface area contributed by atoms with Crippen molar-refractivity contribution in [3.63, 3.8) is 0 Å². The third-order valence-corrected chi connectivity index (χ3v) is 4.58. The van der Waals surface area contributed by atoms with E-state index in [1.54, 1.807) is 29.5 Å². The fraction of sp³-hybridized carbons (Fsp3) is 0.316. The van der Waals surface area contributed by atoms with Crippen LogP contribution in [0.5, 0.6) is 0 Å². The van der Waals surface area contributed by atoms with Crippen LogP contribution in [0.1, 0.15) is 19.3 Å². The lowest BCUT2D eigenvalue weighted by Crippen LogP contribution is -2.36. The highest BCUT2D eigenvalue weighted by Crippen LogP contribution is 2.23. The maximum Gasteiger partial charge on any atom is 0.241 e. The van der Waals surface area contributed by atoms with Gasteiger partial charge in [-0.1, -0.05) is 6.07 Å². The predicted octanol–water partition coefficient (Wildman–Crippen LogP) is 1.88. The molecule has 2 atom stereocenters. The Morgan fingerprint density at radius 2 is 1.96 bits per heavy atom. The average molecular weight is 363 g/mol. The number of pyridine rings is 1. The van der Waals surface area contributed by atoms with Crippen LogP contribution in [0.15, 0.2) is 55.1 Å². The molecule has 1 amide bonds. The summed E-state index contributed by atoms with van der Waals surface area (Å²) in [5.74, 6) is 0.574. The summed E-state index contributed by atoms with van der Waals surface area (Å²) in [5.41, 5.74) is 1.60. The molecule has 8 nitrogen and oxygen atoms in total. The number of anilines is 1. The first kappa shape index (κ1) is 17.1. The van der Waals surface area contributed by atoms with Gasteiger partial charge in [0.2, 0.25) is 11.9 Å². The van der Waals surface area contributed by atoms with E-state index in [1.165, 1.54) is 0 Å². The third kappa shape index (κ3) is 4.46. The van der Waals surface area contributed by atoms with Crippen LogP contribution in [0.3, 0.4) is 0 Å². The SMILES string of the molecule is O=C(Cn1cccn1)N[C@H]1CC[C@H](Nc2nccc(-c3ccccn3)n2)C1. The Hall–Kier alpha value is -3.29. The van der Waals surface area contributed by atoms with Gasteiger partial charge in [0.15, 0.2) is 0 Å². The van der Waals surface area contributed by atoms with Crippen LogP contribution in [0, 0.1) is 0 Å². The van der Waals surface area contributed by atoms with Gasteiger partial charge in [0.05, 0.1) is 11.4 Å². The van der Waals surface area contributed by atoms with Crippen molar-refractivity contribution < 1.29 is 4.79 Å². The van der Waals surface area contributed by atoms with E-state index in [9.17, 15) is 4.79 Å². The Morgan fingerprint density at radius 3 is 2.78 bits per heavy atom. The molecule has 0 unspecified atom stereocenters. The molecule has 3 heterocycles. The molecule has 3 aromatic rings. The zero-order chi connectivity index (χ0) is 18.5. The monoisotopic (exact) mass is 363 g/mol. The number of nitrogens with one attached hydrogen (secondary N) is 2. The van der Waals surface area contributed by atoms with Gasteiger partial charge in [0.25, 0.3) is 0 Å². The topological polar surface area (TPSA) is 97.6 Å². The van der Waals surface area contributed by atoms with Crippen molar-refractivity contribution in [2.45, 2.75) is 37.9 Å². The second-order valence-electron chi connectivity index (χ2n) is 6.60. The zero-order valence-corrected chi connectivity index (χ0v) is 14.8. The lowest BCUT2D eigenvalue weighted by atomic mass is 10.2. The quantitative estimate of drug-likeness (QED) is 0.694. The van der Waals surface area contributed by atoms with Crippen LogP contribution in [0.4, 0.5) is 5.95 Å². The second kappa shape index (κ2) is 7.94. The molecular formula is C19H21N7O. The first-order valence-corrected chi connectivity index (χ1v) is 9.04. The summed E-state index contributed by atoms with van der Waals surface area (Å²) in [6, 6.07) is 9.78. The van der Waals surface area contributed by atoms with Crippen molar-refractivity contribution in [1.29, 1.82) is 0 Å². The molecule has 4 rings (SSSR count). The maximum absolute atomic E-state index is 12.1. The van der Waals surface area contributed by atoms with E-state index in [0.29, 0.717) is 5.95 Å². The van der Waals surface area contributed by atoms with Gasteiger partial charge in [-0.25, -0.2) is 9.97 Å². The van der Waals surface area contributed by atoms with Gasteiger partial charge < -0.3 is 10.6 Å². The van der Waals surface area contributed by atoms with Crippen molar-refractivity contribution in [1.82, 2.24) is 30.0 Å². The number of nitrogens with zero attached hydrogens (tertiary/aromatic N) is 5. The smallest absolute Gasteiger partial charge is 0.241 e. The molecule has 1 aliphatic carbocycles. The van der Waals surface area contributed by atoms with E-state index in [1.807, 2.05) is 30.3 Å². The van der Waals surface area contributed by atoms with Crippen molar-refractivity contribution >= 4 is 11.9 Å². The Kier molecular flexibility index (Phi) is 5.04. The fourth-order valence-corrected chi connectivity index (χ4v) is 3.33. The zero-order valence-electron chi connectivity index (χ0n) is 14.8. The summed E-state index contributed by atoms with van der Waals surface area (Å²) < 4.78 is 1.62. The van der Waals surface area contributed by atoms with E-state index in [0.717, 1.165) is 30.7 Å². The Bertz CT molecular complexity index is 882. The molecule has 3 aromatic heterocycles. The Morgan fingerprint density at radius 1 is 1.04 bits per heavy atom. The van der Waals surface area contributed by atoms with Crippen LogP contribution in [0.2, 0.25) is 0 Å². The number of carbonyl (C=O) groups excluding carboxylic acids is 1. The summed E-state index contributed by atoms with van der Waals surface area (Å²) in [7, 11) is 0. The Labute approximate surface area is 157 Å². The van der Waals surface area contributed by atoms with Gasteiger partial charge in [-0.15, -0.1) is 0 Å². The minimum absolute atomic E-state index is 0.0160. The van der Waals surface area contributed by atoms with E-state index in [2.05, 4.69) is 30.7 Å². The first-order chi connectivity index (χ1) is 13.3. The summed E-state index contributed by atoms with van der Waals surface area (Å²) in [6.45, 7) is 0.247. The highest BCUT2D eigenvalue weighted by Gasteiger charge is 2.26. The molecule has 0 spiro atoms. The van der Waals surface area contributed by atoms with Crippen LogP contribution >= 0.6 is 0 Å². The third-order valence-electron chi connectivity index (χ3n) is 4.58. The lowest BCUT2D eigenvalue weighted by molar-refractivity contribution is -0.122. The average Bonchev–Trinajstić information content (AvgIpc) is 3.35. The highest BCUT2D eigenvalue weighted by atomic mass is 16.2. The number of hydrogen-bond acceptors (Lipinski definition) is 6. The number of amides is 1. The molecule has 138 valence electrons. The predicted molar refractivity (Wildman–Crippen MR) is 101 cm³/mol. The number of rotatable bonds is 6. The van der Waals surface area contributed by atoms with Gasteiger partial charge in [0.1, 0.15) is 6.54 Å². The highest BCUT2D eigenvalue weighted by molar-refractivity contribution is 5.76. The minimum atomic E-state index is -0.0160. The largest absolute Gasteiger partial charge is 0.352 e. The Balaban J connectivity index is 1.31. The number of aromatic nitrogens is 5. The second-order valence-corrected chi connectivity index (χ2v) is 6.60. The van der Waals surface area contributed by atoms with Crippen LogP contribution in [0.25, 0.3) is 11.4 Å². The summed E-state index contributed by atoms with van der Waals surface area (Å²) in [4.78, 5) is 25.3. The minimum Gasteiger partial charge on any atom is -0.352 e. The molecule has 1 saturated carbocycles. The standard InChI is InChI=1S/C19H21N7O/c27-18(13-26-11-3-9-22-26)23-14-5-6-15(12-14)24-19-21-10-7-17(25-19)16-4-1-2-8-20-16/h1-4,7-11,14-15H,5-6,12-13H2,(H,23,27)(H,21,24,25)/t14-,15-/m0/s1. The summed E-state index contributed by atoms with van der Waals surface area (Å²) >= 11 is 0. The molecule has 1 fully saturated rings. The molecular weight excluding hydrogens is 342 g/mol. The van der Waals surface area contributed by atoms with E-state index in [-0.39, 0.29) is 24.5 Å². The van der Waals surface area contributed by atoms with Crippen molar-refractivity contribution in [2.24, 2.45) is 0 Å². The van der Waals surface area contributed by atoms with E-state index in [4.69, 9.17) is 0 Å². The maximum atomic E-state index is 12.1. The van der Waals surface area contributed by atoms with Gasteiger partial charge in [-0.05, 0) is 43.5 Å². The van der Waals surface area contributed by atoms with Crippen LogP contribution in [-0.2, 0) is 11.3 Å². The molecule has 27 heavy (non-hydrogen) atoms. The van der Waals surface area contributed by atoms with Gasteiger partial charge in [-0.3, -0.25) is 14.5 Å². The molecule has 0 bridgehead atoms. The van der Waals surface area contributed by atoms with Gasteiger partial charge >= 0.3 is 0 Å². The van der Waals surface area contributed by atoms with Crippen molar-refractivity contribution in [3.05, 3.63) is 55.1 Å². The van der Waals surface area contributed by atoms with Crippen molar-refractivity contribution in [2.75, 3.05) is 5.32 Å².